The van der Waals surface area contributed by atoms with E-state index >= 15 is 0 Å². The Kier molecular flexibility index (Phi) is 9.25. The Hall–Kier alpha value is -3.43. The summed E-state index contributed by atoms with van der Waals surface area (Å²) in [6.07, 6.45) is 3.59. The molecule has 1 fully saturated rings. The van der Waals surface area contributed by atoms with Crippen LogP contribution in [0.2, 0.25) is 0 Å². The molecule has 5 rings (SSSR count). The number of likely N-dealkylation sites (tertiary alicyclic amines) is 1. The smallest absolute Gasteiger partial charge is 0.308 e. The van der Waals surface area contributed by atoms with Crippen molar-refractivity contribution in [3.05, 3.63) is 64.7 Å². The maximum atomic E-state index is 13.6. The first-order chi connectivity index (χ1) is 19.9. The van der Waals surface area contributed by atoms with Crippen molar-refractivity contribution in [2.75, 3.05) is 45.9 Å². The van der Waals surface area contributed by atoms with Gasteiger partial charge < -0.3 is 24.7 Å². The van der Waals surface area contributed by atoms with E-state index in [2.05, 4.69) is 13.0 Å². The third-order valence-corrected chi connectivity index (χ3v) is 8.82. The van der Waals surface area contributed by atoms with Crippen LogP contribution in [0.1, 0.15) is 65.6 Å². The molecular formula is C32H41N3O6. The number of nitrogens with zero attached hydrogens (tertiary/aromatic N) is 3. The van der Waals surface area contributed by atoms with E-state index < -0.39 is 17.9 Å². The molecule has 3 atom stereocenters. The average Bonchev–Trinajstić information content (AvgIpc) is 3.67. The fraction of sp³-hybridized carbons (Fsp3) is 0.531. The van der Waals surface area contributed by atoms with E-state index in [-0.39, 0.29) is 30.9 Å². The fourth-order valence-corrected chi connectivity index (χ4v) is 6.66. The van der Waals surface area contributed by atoms with Crippen molar-refractivity contribution in [2.45, 2.75) is 57.5 Å². The van der Waals surface area contributed by atoms with Gasteiger partial charge in [-0.1, -0.05) is 43.7 Å². The number of rotatable bonds is 13. The zero-order valence-corrected chi connectivity index (χ0v) is 23.8. The van der Waals surface area contributed by atoms with Crippen LogP contribution in [0.15, 0.2) is 42.5 Å². The van der Waals surface area contributed by atoms with Crippen molar-refractivity contribution in [1.82, 2.24) is 14.7 Å². The van der Waals surface area contributed by atoms with Crippen LogP contribution in [0.25, 0.3) is 0 Å². The summed E-state index contributed by atoms with van der Waals surface area (Å²) in [7, 11) is 0. The number of benzene rings is 2. The summed E-state index contributed by atoms with van der Waals surface area (Å²) < 4.78 is 5.68. The molecular weight excluding hydrogens is 522 g/mol. The molecule has 2 aromatic carbocycles. The zero-order chi connectivity index (χ0) is 28.9. The molecule has 0 radical (unpaired) electrons. The first-order valence-corrected chi connectivity index (χ1v) is 14.9. The highest BCUT2D eigenvalue weighted by atomic mass is 16.5. The lowest BCUT2D eigenvalue weighted by Crippen LogP contribution is -2.45. The van der Waals surface area contributed by atoms with Gasteiger partial charge in [0, 0.05) is 63.3 Å². The molecule has 0 saturated carbocycles. The van der Waals surface area contributed by atoms with Gasteiger partial charge in [-0.15, -0.1) is 0 Å². The van der Waals surface area contributed by atoms with Gasteiger partial charge in [0.1, 0.15) is 5.75 Å². The molecule has 0 spiro atoms. The molecule has 2 N–H and O–H groups in total. The molecule has 1 saturated heterocycles. The second-order valence-corrected chi connectivity index (χ2v) is 11.4. The highest BCUT2D eigenvalue weighted by Crippen LogP contribution is 2.41. The Morgan fingerprint density at radius 1 is 1.10 bits per heavy atom. The molecule has 220 valence electrons. The van der Waals surface area contributed by atoms with E-state index in [0.717, 1.165) is 41.7 Å². The summed E-state index contributed by atoms with van der Waals surface area (Å²) in [4.78, 5) is 45.1. The second-order valence-electron chi connectivity index (χ2n) is 11.4. The Morgan fingerprint density at radius 2 is 1.90 bits per heavy atom. The van der Waals surface area contributed by atoms with Gasteiger partial charge in [0.15, 0.2) is 0 Å². The van der Waals surface area contributed by atoms with E-state index in [1.165, 1.54) is 0 Å². The number of amides is 2. The predicted octanol–water partition coefficient (Wildman–Crippen LogP) is 3.15. The molecule has 0 unspecified atom stereocenters. The van der Waals surface area contributed by atoms with Crippen molar-refractivity contribution in [2.24, 2.45) is 5.92 Å². The number of hydrogen-bond acceptors (Lipinski definition) is 6. The van der Waals surface area contributed by atoms with Gasteiger partial charge in [-0.3, -0.25) is 19.3 Å². The largest absolute Gasteiger partial charge is 0.493 e. The topological polar surface area (TPSA) is 111 Å². The molecule has 9 nitrogen and oxygen atoms in total. The summed E-state index contributed by atoms with van der Waals surface area (Å²) in [5, 5.41) is 19.9. The summed E-state index contributed by atoms with van der Waals surface area (Å²) >= 11 is 0. The van der Waals surface area contributed by atoms with Gasteiger partial charge in [-0.2, -0.15) is 0 Å². The number of carboxylic acids is 1. The molecule has 2 aromatic rings. The third kappa shape index (κ3) is 6.26. The molecule has 3 aliphatic rings. The highest BCUT2D eigenvalue weighted by Gasteiger charge is 2.47. The van der Waals surface area contributed by atoms with E-state index in [4.69, 9.17) is 4.74 Å². The number of hydrogen-bond donors (Lipinski definition) is 2. The quantitative estimate of drug-likeness (QED) is 0.385. The number of aliphatic hydroxyl groups is 1. The van der Waals surface area contributed by atoms with E-state index in [1.807, 2.05) is 41.3 Å². The van der Waals surface area contributed by atoms with Crippen LogP contribution in [0.4, 0.5) is 0 Å². The maximum absolute atomic E-state index is 13.6. The minimum Gasteiger partial charge on any atom is -0.493 e. The molecule has 9 heteroatoms. The highest BCUT2D eigenvalue weighted by molar-refractivity contribution is 5.98. The Bertz CT molecular complexity index is 1260. The molecule has 3 aliphatic heterocycles. The second kappa shape index (κ2) is 13.0. The predicted molar refractivity (Wildman–Crippen MR) is 154 cm³/mol. The number of unbranched alkanes of at least 4 members (excludes halogenated alkanes) is 1. The number of aliphatic hydroxyl groups excluding tert-OH is 1. The Morgan fingerprint density at radius 3 is 2.66 bits per heavy atom. The maximum Gasteiger partial charge on any atom is 0.308 e. The fourth-order valence-electron chi connectivity index (χ4n) is 6.66. The van der Waals surface area contributed by atoms with Crippen LogP contribution in [-0.4, -0.2) is 94.7 Å². The van der Waals surface area contributed by atoms with E-state index in [1.54, 1.807) is 9.80 Å². The van der Waals surface area contributed by atoms with Crippen LogP contribution >= 0.6 is 0 Å². The zero-order valence-electron chi connectivity index (χ0n) is 23.8. The molecule has 0 aliphatic carbocycles. The lowest BCUT2D eigenvalue weighted by atomic mass is 9.83. The van der Waals surface area contributed by atoms with Gasteiger partial charge in [0.05, 0.1) is 19.1 Å². The van der Waals surface area contributed by atoms with Gasteiger partial charge in [-0.25, -0.2) is 0 Å². The summed E-state index contributed by atoms with van der Waals surface area (Å²) in [5.41, 5.74) is 3.73. The number of fused-ring (bicyclic) bond motifs is 2. The first-order valence-electron chi connectivity index (χ1n) is 14.9. The molecule has 0 aromatic heterocycles. The standard InChI is InChI=1S/C32H41N3O6/c1-2-3-13-33(14-6-16-36)29(37)21-35-20-26(22-9-10-28-23(18-22)12-17-41-28)30(32(39)40)27(35)11-15-34-19-24-7-4-5-8-25(24)31(34)38/h4-5,7-10,18,26-27,30,36H,2-3,6,11-17,19-21H2,1H3,(H,39,40)/t26-,27+,30-/m1/s1. The minimum atomic E-state index is -0.883. The minimum absolute atomic E-state index is 0.0136. The van der Waals surface area contributed by atoms with Crippen molar-refractivity contribution >= 4 is 17.8 Å². The number of ether oxygens (including phenoxy) is 1. The number of aliphatic carboxylic acids is 1. The van der Waals surface area contributed by atoms with E-state index in [0.29, 0.717) is 57.7 Å². The average molecular weight is 564 g/mol. The van der Waals surface area contributed by atoms with Crippen LogP contribution in [0.3, 0.4) is 0 Å². The summed E-state index contributed by atoms with van der Waals surface area (Å²) in [6, 6.07) is 13.1. The lowest BCUT2D eigenvalue weighted by Gasteiger charge is -2.30. The normalized spacial score (nSPS) is 21.6. The number of carboxylic acid groups (broad SMARTS) is 1. The summed E-state index contributed by atoms with van der Waals surface area (Å²) in [5.74, 6) is -1.11. The lowest BCUT2D eigenvalue weighted by molar-refractivity contribution is -0.144. The SMILES string of the molecule is CCCCN(CCCO)C(=O)CN1C[C@H](c2ccc3c(c2)CCO3)[C@@H](C(=O)O)[C@@H]1CCN1Cc2ccccc2C1=O. The molecule has 41 heavy (non-hydrogen) atoms. The number of carbonyl (C=O) groups excluding carboxylic acids is 2. The summed E-state index contributed by atoms with van der Waals surface area (Å²) in [6.45, 7) is 5.30. The van der Waals surface area contributed by atoms with Gasteiger partial charge in [0.25, 0.3) is 5.91 Å². The van der Waals surface area contributed by atoms with Crippen molar-refractivity contribution < 1.29 is 29.3 Å². The molecule has 0 bridgehead atoms. The Labute approximate surface area is 241 Å². The van der Waals surface area contributed by atoms with Crippen molar-refractivity contribution in [3.63, 3.8) is 0 Å². The van der Waals surface area contributed by atoms with Crippen LogP contribution in [-0.2, 0) is 22.6 Å². The van der Waals surface area contributed by atoms with Crippen LogP contribution in [0.5, 0.6) is 5.75 Å². The first kappa shape index (κ1) is 29.1. The van der Waals surface area contributed by atoms with Gasteiger partial charge >= 0.3 is 5.97 Å². The monoisotopic (exact) mass is 563 g/mol. The molecule has 3 heterocycles. The van der Waals surface area contributed by atoms with Crippen molar-refractivity contribution in [1.29, 1.82) is 0 Å². The van der Waals surface area contributed by atoms with Crippen molar-refractivity contribution in [3.8, 4) is 5.75 Å². The Balaban J connectivity index is 1.39. The number of carbonyl (C=O) groups is 3. The van der Waals surface area contributed by atoms with Gasteiger partial charge in [-0.05, 0) is 48.1 Å². The van der Waals surface area contributed by atoms with E-state index in [9.17, 15) is 24.6 Å². The van der Waals surface area contributed by atoms with Gasteiger partial charge in [0.2, 0.25) is 5.91 Å². The van der Waals surface area contributed by atoms with Crippen LogP contribution < -0.4 is 4.74 Å². The third-order valence-electron chi connectivity index (χ3n) is 8.82. The van der Waals surface area contributed by atoms with Crippen LogP contribution in [0, 0.1) is 5.92 Å². The molecule has 2 amide bonds.